The van der Waals surface area contributed by atoms with Crippen LogP contribution in [0.2, 0.25) is 0 Å². The van der Waals surface area contributed by atoms with Gasteiger partial charge in [-0.3, -0.25) is 4.79 Å². The van der Waals surface area contributed by atoms with E-state index in [9.17, 15) is 4.79 Å². The molecule has 0 bridgehead atoms. The summed E-state index contributed by atoms with van der Waals surface area (Å²) in [5, 5.41) is 0. The van der Waals surface area contributed by atoms with Gasteiger partial charge in [0.2, 0.25) is 0 Å². The lowest BCUT2D eigenvalue weighted by Crippen LogP contribution is -2.49. The molecule has 1 unspecified atom stereocenters. The maximum absolute atomic E-state index is 12.5. The average molecular weight is 278 g/mol. The first kappa shape index (κ1) is 14.0. The fourth-order valence-corrected chi connectivity index (χ4v) is 2.43. The van der Waals surface area contributed by atoms with Gasteiger partial charge >= 0.3 is 0 Å². The van der Waals surface area contributed by atoms with Gasteiger partial charge in [0.1, 0.15) is 11.1 Å². The molecule has 1 heterocycles. The highest BCUT2D eigenvalue weighted by Gasteiger charge is 2.26. The van der Waals surface area contributed by atoms with Crippen LogP contribution in [0.4, 0.5) is 0 Å². The number of thiocarbonyl (C=S) groups is 1. The van der Waals surface area contributed by atoms with E-state index in [1.54, 1.807) is 4.90 Å². The summed E-state index contributed by atoms with van der Waals surface area (Å²) in [6.45, 7) is 5.45. The Morgan fingerprint density at radius 1 is 1.37 bits per heavy atom. The lowest BCUT2D eigenvalue weighted by atomic mass is 10.1. The van der Waals surface area contributed by atoms with Crippen molar-refractivity contribution in [3.63, 3.8) is 0 Å². The van der Waals surface area contributed by atoms with E-state index in [4.69, 9.17) is 22.7 Å². The Hall–Kier alpha value is -1.46. The van der Waals surface area contributed by atoms with E-state index in [0.717, 1.165) is 11.1 Å². The van der Waals surface area contributed by atoms with Crippen LogP contribution in [0.15, 0.2) is 18.2 Å². The third-order valence-electron chi connectivity index (χ3n) is 3.14. The standard InChI is InChI=1S/C14H18N2O2S/c1-9-5-10(2)7-11(6-9)14(17)16-3-4-18-12(8-16)13(15)19/h5-7,12H,3-4,8H2,1-2H3,(H2,15,19). The number of hydrogen-bond donors (Lipinski definition) is 1. The summed E-state index contributed by atoms with van der Waals surface area (Å²) >= 11 is 4.93. The molecule has 1 aromatic carbocycles. The van der Waals surface area contributed by atoms with Crippen LogP contribution in [0, 0.1) is 13.8 Å². The van der Waals surface area contributed by atoms with Crippen LogP contribution in [0.5, 0.6) is 0 Å². The van der Waals surface area contributed by atoms with Crippen molar-refractivity contribution >= 4 is 23.1 Å². The Morgan fingerprint density at radius 2 is 2.00 bits per heavy atom. The van der Waals surface area contributed by atoms with Gasteiger partial charge in [-0.25, -0.2) is 0 Å². The van der Waals surface area contributed by atoms with Crippen molar-refractivity contribution in [2.24, 2.45) is 5.73 Å². The number of aryl methyl sites for hydroxylation is 2. The van der Waals surface area contributed by atoms with Crippen LogP contribution >= 0.6 is 12.2 Å². The van der Waals surface area contributed by atoms with Crippen molar-refractivity contribution in [1.82, 2.24) is 4.90 Å². The van der Waals surface area contributed by atoms with Gasteiger partial charge in [-0.15, -0.1) is 0 Å². The van der Waals surface area contributed by atoms with Crippen molar-refractivity contribution in [3.05, 3.63) is 34.9 Å². The molecule has 1 atom stereocenters. The second-order valence-corrected chi connectivity index (χ2v) is 5.36. The normalized spacial score (nSPS) is 19.3. The van der Waals surface area contributed by atoms with Crippen LogP contribution in [-0.2, 0) is 4.74 Å². The van der Waals surface area contributed by atoms with Crippen LogP contribution in [-0.4, -0.2) is 41.6 Å². The molecule has 0 aromatic heterocycles. The third-order valence-corrected chi connectivity index (χ3v) is 3.40. The van der Waals surface area contributed by atoms with Crippen molar-refractivity contribution < 1.29 is 9.53 Å². The minimum Gasteiger partial charge on any atom is -0.391 e. The molecule has 2 N–H and O–H groups in total. The zero-order valence-corrected chi connectivity index (χ0v) is 12.0. The summed E-state index contributed by atoms with van der Waals surface area (Å²) in [7, 11) is 0. The molecule has 1 aromatic rings. The second kappa shape index (κ2) is 5.67. The van der Waals surface area contributed by atoms with Crippen molar-refractivity contribution in [2.75, 3.05) is 19.7 Å². The van der Waals surface area contributed by atoms with E-state index in [1.165, 1.54) is 0 Å². The van der Waals surface area contributed by atoms with Gasteiger partial charge in [0.25, 0.3) is 5.91 Å². The predicted octanol–water partition coefficient (Wildman–Crippen LogP) is 1.43. The van der Waals surface area contributed by atoms with Gasteiger partial charge in [-0.2, -0.15) is 0 Å². The highest BCUT2D eigenvalue weighted by Crippen LogP contribution is 2.14. The minimum atomic E-state index is -0.335. The number of carbonyl (C=O) groups excluding carboxylic acids is 1. The number of morpholine rings is 1. The van der Waals surface area contributed by atoms with Crippen molar-refractivity contribution in [3.8, 4) is 0 Å². The molecule has 0 spiro atoms. The van der Waals surface area contributed by atoms with E-state index in [-0.39, 0.29) is 12.0 Å². The van der Waals surface area contributed by atoms with Gasteiger partial charge in [-0.1, -0.05) is 29.4 Å². The SMILES string of the molecule is Cc1cc(C)cc(C(=O)N2CCOC(C(N)=S)C2)c1. The quantitative estimate of drug-likeness (QED) is 0.832. The topological polar surface area (TPSA) is 55.6 Å². The monoisotopic (exact) mass is 278 g/mol. The van der Waals surface area contributed by atoms with Crippen LogP contribution in [0.3, 0.4) is 0 Å². The fourth-order valence-electron chi connectivity index (χ4n) is 2.29. The zero-order valence-electron chi connectivity index (χ0n) is 11.2. The molecule has 0 radical (unpaired) electrons. The first-order chi connectivity index (χ1) is 8.97. The van der Waals surface area contributed by atoms with Crippen molar-refractivity contribution in [2.45, 2.75) is 20.0 Å². The van der Waals surface area contributed by atoms with E-state index in [2.05, 4.69) is 0 Å². The molecule has 1 saturated heterocycles. The molecule has 0 aliphatic carbocycles. The molecule has 4 nitrogen and oxygen atoms in total. The third kappa shape index (κ3) is 3.30. The summed E-state index contributed by atoms with van der Waals surface area (Å²) in [5.41, 5.74) is 8.47. The number of ether oxygens (including phenoxy) is 1. The molecule has 19 heavy (non-hydrogen) atoms. The predicted molar refractivity (Wildman–Crippen MR) is 78.3 cm³/mol. The summed E-state index contributed by atoms with van der Waals surface area (Å²) in [6, 6.07) is 5.86. The Labute approximate surface area is 118 Å². The molecular weight excluding hydrogens is 260 g/mol. The molecule has 1 aliphatic heterocycles. The first-order valence-corrected chi connectivity index (χ1v) is 6.66. The molecule has 1 fully saturated rings. The van der Waals surface area contributed by atoms with Crippen molar-refractivity contribution in [1.29, 1.82) is 0 Å². The maximum atomic E-state index is 12.5. The van der Waals surface area contributed by atoms with Gasteiger partial charge in [0.15, 0.2) is 0 Å². The summed E-state index contributed by atoms with van der Waals surface area (Å²) in [6.07, 6.45) is -0.335. The van der Waals surface area contributed by atoms with Gasteiger partial charge < -0.3 is 15.4 Å². The average Bonchev–Trinajstić information content (AvgIpc) is 2.37. The van der Waals surface area contributed by atoms with E-state index in [1.807, 2.05) is 32.0 Å². The van der Waals surface area contributed by atoms with Gasteiger partial charge in [0.05, 0.1) is 13.2 Å². The smallest absolute Gasteiger partial charge is 0.254 e. The van der Waals surface area contributed by atoms with E-state index < -0.39 is 0 Å². The number of rotatable bonds is 2. The molecular formula is C14H18N2O2S. The lowest BCUT2D eigenvalue weighted by molar-refractivity contribution is 0.00878. The number of nitrogens with zero attached hydrogens (tertiary/aromatic N) is 1. The molecule has 1 amide bonds. The van der Waals surface area contributed by atoms with E-state index in [0.29, 0.717) is 30.2 Å². The molecule has 0 saturated carbocycles. The van der Waals surface area contributed by atoms with Crippen LogP contribution < -0.4 is 5.73 Å². The lowest BCUT2D eigenvalue weighted by Gasteiger charge is -2.32. The van der Waals surface area contributed by atoms with Crippen LogP contribution in [0.25, 0.3) is 0 Å². The molecule has 1 aliphatic rings. The Bertz CT molecular complexity index is 496. The zero-order chi connectivity index (χ0) is 14.0. The highest BCUT2D eigenvalue weighted by molar-refractivity contribution is 7.80. The van der Waals surface area contributed by atoms with Gasteiger partial charge in [0, 0.05) is 12.1 Å². The molecule has 2 rings (SSSR count). The molecule has 5 heteroatoms. The summed E-state index contributed by atoms with van der Waals surface area (Å²) < 4.78 is 5.44. The number of benzene rings is 1. The minimum absolute atomic E-state index is 0.0105. The Kier molecular flexibility index (Phi) is 4.17. The fraction of sp³-hybridized carbons (Fsp3) is 0.429. The maximum Gasteiger partial charge on any atom is 0.254 e. The summed E-state index contributed by atoms with van der Waals surface area (Å²) in [4.78, 5) is 14.5. The first-order valence-electron chi connectivity index (χ1n) is 6.26. The number of hydrogen-bond acceptors (Lipinski definition) is 3. The summed E-state index contributed by atoms with van der Waals surface area (Å²) in [5.74, 6) is 0.0105. The van der Waals surface area contributed by atoms with Crippen LogP contribution in [0.1, 0.15) is 21.5 Å². The Balaban J connectivity index is 2.16. The number of nitrogens with two attached hydrogens (primary N) is 1. The van der Waals surface area contributed by atoms with Gasteiger partial charge in [-0.05, 0) is 26.0 Å². The largest absolute Gasteiger partial charge is 0.391 e. The number of carbonyl (C=O) groups is 1. The Morgan fingerprint density at radius 3 is 2.58 bits per heavy atom. The number of amides is 1. The second-order valence-electron chi connectivity index (χ2n) is 4.89. The molecule has 102 valence electrons. The van der Waals surface area contributed by atoms with E-state index >= 15 is 0 Å². The highest BCUT2D eigenvalue weighted by atomic mass is 32.1.